The lowest BCUT2D eigenvalue weighted by Crippen LogP contribution is -2.45. The molecule has 21 heavy (non-hydrogen) atoms. The van der Waals surface area contributed by atoms with Crippen molar-refractivity contribution in [3.8, 4) is 0 Å². The van der Waals surface area contributed by atoms with Crippen LogP contribution in [0.4, 0.5) is 4.39 Å². The molecule has 2 rings (SSSR count). The van der Waals surface area contributed by atoms with E-state index in [2.05, 4.69) is 0 Å². The summed E-state index contributed by atoms with van der Waals surface area (Å²) in [6.07, 6.45) is -0.188. The summed E-state index contributed by atoms with van der Waals surface area (Å²) in [4.78, 5) is 24.8. The van der Waals surface area contributed by atoms with Crippen LogP contribution in [0.25, 0.3) is 0 Å². The highest BCUT2D eigenvalue weighted by atomic mass is 35.5. The van der Waals surface area contributed by atoms with E-state index >= 15 is 0 Å². The predicted molar refractivity (Wildman–Crippen MR) is 77.1 cm³/mol. The van der Waals surface area contributed by atoms with E-state index in [0.29, 0.717) is 10.6 Å². The minimum absolute atomic E-state index is 0.0928. The number of carboxylic acid groups (broad SMARTS) is 1. The van der Waals surface area contributed by atoms with Crippen molar-refractivity contribution >= 4 is 23.5 Å². The Labute approximate surface area is 127 Å². The molecule has 1 aromatic rings. The van der Waals surface area contributed by atoms with Crippen LogP contribution in [0.2, 0.25) is 5.02 Å². The molecule has 1 atom stereocenters. The number of likely N-dealkylation sites (tertiary alicyclic amines) is 1. The number of nitrogens with zero attached hydrogens (tertiary/aromatic N) is 1. The Morgan fingerprint density at radius 3 is 2.52 bits per heavy atom. The third kappa shape index (κ3) is 2.75. The molecule has 0 radical (unpaired) electrons. The summed E-state index contributed by atoms with van der Waals surface area (Å²) in [5.74, 6) is -1.84. The maximum atomic E-state index is 14.1. The van der Waals surface area contributed by atoms with Crippen molar-refractivity contribution in [2.45, 2.75) is 31.4 Å². The van der Waals surface area contributed by atoms with Crippen LogP contribution in [0.15, 0.2) is 24.3 Å². The summed E-state index contributed by atoms with van der Waals surface area (Å²) < 4.78 is 14.1. The van der Waals surface area contributed by atoms with E-state index in [1.54, 1.807) is 38.1 Å². The first-order valence-electron chi connectivity index (χ1n) is 6.65. The number of carbonyl (C=O) groups excluding carboxylic acids is 1. The summed E-state index contributed by atoms with van der Waals surface area (Å²) in [6.45, 7) is 3.08. The number of carboxylic acids is 1. The van der Waals surface area contributed by atoms with Crippen LogP contribution in [0.5, 0.6) is 0 Å². The molecule has 1 amide bonds. The number of rotatable bonds is 3. The molecule has 114 valence electrons. The molecule has 0 spiro atoms. The Kier molecular flexibility index (Phi) is 3.97. The van der Waals surface area contributed by atoms with E-state index in [1.165, 1.54) is 4.90 Å². The Morgan fingerprint density at radius 1 is 1.38 bits per heavy atom. The topological polar surface area (TPSA) is 57.6 Å². The fraction of sp³-hybridized carbons (Fsp3) is 0.467. The van der Waals surface area contributed by atoms with Crippen molar-refractivity contribution in [3.63, 3.8) is 0 Å². The number of alkyl halides is 1. The van der Waals surface area contributed by atoms with Gasteiger partial charge in [0, 0.05) is 18.0 Å². The summed E-state index contributed by atoms with van der Waals surface area (Å²) in [5, 5.41) is 9.36. The molecule has 1 heterocycles. The Hall–Kier alpha value is -1.62. The Morgan fingerprint density at radius 2 is 2.00 bits per heavy atom. The van der Waals surface area contributed by atoms with E-state index in [9.17, 15) is 14.0 Å². The number of halogens is 2. The molecule has 1 fully saturated rings. The molecule has 1 aromatic carbocycles. The molecular formula is C15H17ClFNO3. The molecule has 1 N–H and O–H groups in total. The molecule has 1 aliphatic heterocycles. The average molecular weight is 314 g/mol. The molecular weight excluding hydrogens is 297 g/mol. The van der Waals surface area contributed by atoms with E-state index in [0.717, 1.165) is 0 Å². The second-order valence-electron chi connectivity index (χ2n) is 5.85. The van der Waals surface area contributed by atoms with Crippen LogP contribution in [0.1, 0.15) is 25.8 Å². The van der Waals surface area contributed by atoms with Crippen LogP contribution in [0.3, 0.4) is 0 Å². The van der Waals surface area contributed by atoms with Crippen molar-refractivity contribution < 1.29 is 19.1 Å². The van der Waals surface area contributed by atoms with Crippen molar-refractivity contribution in [2.75, 3.05) is 13.1 Å². The van der Waals surface area contributed by atoms with Gasteiger partial charge < -0.3 is 10.0 Å². The van der Waals surface area contributed by atoms with Gasteiger partial charge in [0.25, 0.3) is 0 Å². The van der Waals surface area contributed by atoms with Crippen molar-refractivity contribution in [1.29, 1.82) is 0 Å². The smallest absolute Gasteiger partial charge is 0.343 e. The number of carbonyl (C=O) groups is 2. The average Bonchev–Trinajstić information content (AvgIpc) is 2.82. The molecule has 6 heteroatoms. The van der Waals surface area contributed by atoms with Crippen LogP contribution >= 0.6 is 11.6 Å². The summed E-state index contributed by atoms with van der Waals surface area (Å²) in [5.41, 5.74) is -2.66. The zero-order chi connectivity index (χ0) is 15.8. The number of benzene rings is 1. The third-order valence-electron chi connectivity index (χ3n) is 3.97. The minimum Gasteiger partial charge on any atom is -0.479 e. The van der Waals surface area contributed by atoms with Gasteiger partial charge in [-0.05, 0) is 25.5 Å². The second kappa shape index (κ2) is 5.30. The molecule has 1 saturated heterocycles. The van der Waals surface area contributed by atoms with Crippen LogP contribution in [-0.2, 0) is 15.0 Å². The highest BCUT2D eigenvalue weighted by Crippen LogP contribution is 2.34. The summed E-state index contributed by atoms with van der Waals surface area (Å²) in [7, 11) is 0. The highest BCUT2D eigenvalue weighted by molar-refractivity contribution is 6.31. The maximum Gasteiger partial charge on any atom is 0.343 e. The molecule has 0 bridgehead atoms. The SMILES string of the molecule is CC(C)(C(=O)N1CCC(F)(C(=O)O)C1)c1ccccc1Cl. The predicted octanol–water partition coefficient (Wildman–Crippen LogP) is 2.64. The number of aliphatic carboxylic acids is 1. The summed E-state index contributed by atoms with van der Waals surface area (Å²) in [6, 6.07) is 6.97. The van der Waals surface area contributed by atoms with Gasteiger partial charge >= 0.3 is 5.97 Å². The quantitative estimate of drug-likeness (QED) is 0.933. The van der Waals surface area contributed by atoms with Gasteiger partial charge in [-0.1, -0.05) is 29.8 Å². The van der Waals surface area contributed by atoms with Gasteiger partial charge in [0.2, 0.25) is 11.6 Å². The van der Waals surface area contributed by atoms with E-state index < -0.39 is 23.6 Å². The molecule has 1 aliphatic rings. The molecule has 0 aliphatic carbocycles. The van der Waals surface area contributed by atoms with Gasteiger partial charge in [-0.15, -0.1) is 0 Å². The first kappa shape index (κ1) is 15.8. The van der Waals surface area contributed by atoms with E-state index in [4.69, 9.17) is 16.7 Å². The van der Waals surface area contributed by atoms with E-state index in [-0.39, 0.29) is 18.9 Å². The monoisotopic (exact) mass is 313 g/mol. The largest absolute Gasteiger partial charge is 0.479 e. The molecule has 1 unspecified atom stereocenters. The van der Waals surface area contributed by atoms with Crippen molar-refractivity contribution in [1.82, 2.24) is 4.90 Å². The van der Waals surface area contributed by atoms with Gasteiger partial charge in [-0.25, -0.2) is 9.18 Å². The normalized spacial score (nSPS) is 22.4. The highest BCUT2D eigenvalue weighted by Gasteiger charge is 2.49. The Bertz CT molecular complexity index is 590. The first-order chi connectivity index (χ1) is 9.68. The zero-order valence-corrected chi connectivity index (χ0v) is 12.7. The lowest BCUT2D eigenvalue weighted by Gasteiger charge is -2.30. The van der Waals surface area contributed by atoms with Crippen LogP contribution < -0.4 is 0 Å². The number of amides is 1. The zero-order valence-electron chi connectivity index (χ0n) is 11.9. The second-order valence-corrected chi connectivity index (χ2v) is 6.26. The lowest BCUT2D eigenvalue weighted by molar-refractivity contribution is -0.150. The molecule has 4 nitrogen and oxygen atoms in total. The molecule has 0 aromatic heterocycles. The van der Waals surface area contributed by atoms with Crippen LogP contribution in [0, 0.1) is 0 Å². The lowest BCUT2D eigenvalue weighted by atomic mass is 9.83. The van der Waals surface area contributed by atoms with Gasteiger partial charge in [0.15, 0.2) is 0 Å². The fourth-order valence-corrected chi connectivity index (χ4v) is 2.97. The maximum absolute atomic E-state index is 14.1. The van der Waals surface area contributed by atoms with Crippen molar-refractivity contribution in [3.05, 3.63) is 34.9 Å². The fourth-order valence-electron chi connectivity index (χ4n) is 2.60. The molecule has 0 saturated carbocycles. The minimum atomic E-state index is -2.35. The van der Waals surface area contributed by atoms with Gasteiger partial charge in [-0.3, -0.25) is 4.79 Å². The standard InChI is InChI=1S/C15H17ClFNO3/c1-14(2,10-5-3-4-6-11(10)16)12(19)18-8-7-15(17,9-18)13(20)21/h3-6H,7-9H2,1-2H3,(H,20,21). The van der Waals surface area contributed by atoms with Crippen LogP contribution in [-0.4, -0.2) is 40.6 Å². The van der Waals surface area contributed by atoms with E-state index in [1.807, 2.05) is 0 Å². The number of hydrogen-bond donors (Lipinski definition) is 1. The summed E-state index contributed by atoms with van der Waals surface area (Å²) >= 11 is 6.13. The van der Waals surface area contributed by atoms with Crippen molar-refractivity contribution in [2.24, 2.45) is 0 Å². The number of hydrogen-bond acceptors (Lipinski definition) is 2. The van der Waals surface area contributed by atoms with Gasteiger partial charge in [0.05, 0.1) is 12.0 Å². The van der Waals surface area contributed by atoms with Gasteiger partial charge in [0.1, 0.15) is 0 Å². The third-order valence-corrected chi connectivity index (χ3v) is 4.30. The van der Waals surface area contributed by atoms with Gasteiger partial charge in [-0.2, -0.15) is 0 Å². The Balaban J connectivity index is 2.25. The first-order valence-corrected chi connectivity index (χ1v) is 7.03.